The van der Waals surface area contributed by atoms with E-state index in [1.165, 1.54) is 25.4 Å². The number of ketones is 1. The number of benzene rings is 1. The number of aromatic nitrogens is 1. The zero-order valence-corrected chi connectivity index (χ0v) is 12.7. The molecule has 24 heavy (non-hydrogen) atoms. The van der Waals surface area contributed by atoms with Gasteiger partial charge in [0, 0.05) is 24.1 Å². The van der Waals surface area contributed by atoms with E-state index in [0.29, 0.717) is 17.5 Å². The number of hydrogen-bond acceptors (Lipinski definition) is 4. The molecule has 0 saturated heterocycles. The number of rotatable bonds is 3. The van der Waals surface area contributed by atoms with Crippen LogP contribution in [0.25, 0.3) is 0 Å². The Hall–Kier alpha value is -2.57. The van der Waals surface area contributed by atoms with E-state index < -0.39 is 17.7 Å². The summed E-state index contributed by atoms with van der Waals surface area (Å²) in [5, 5.41) is 9.78. The maximum Gasteiger partial charge on any atom is 0.418 e. The largest absolute Gasteiger partial charge is 0.504 e. The Morgan fingerprint density at radius 1 is 1.38 bits per heavy atom. The van der Waals surface area contributed by atoms with Crippen LogP contribution in [0.1, 0.15) is 27.2 Å². The van der Waals surface area contributed by atoms with Gasteiger partial charge in [-0.05, 0) is 36.2 Å². The van der Waals surface area contributed by atoms with E-state index in [1.54, 1.807) is 6.07 Å². The van der Waals surface area contributed by atoms with Gasteiger partial charge in [-0.25, -0.2) is 0 Å². The Kier molecular flexibility index (Phi) is 3.95. The number of nitrogens with zero attached hydrogens (tertiary/aromatic N) is 1. The fraction of sp³-hybridized carbons (Fsp3) is 0.294. The van der Waals surface area contributed by atoms with Gasteiger partial charge in [-0.3, -0.25) is 9.78 Å². The molecule has 1 unspecified atom stereocenters. The number of aromatic hydroxyl groups is 1. The van der Waals surface area contributed by atoms with Crippen LogP contribution in [-0.2, 0) is 19.0 Å². The van der Waals surface area contributed by atoms with Gasteiger partial charge >= 0.3 is 6.18 Å². The van der Waals surface area contributed by atoms with Gasteiger partial charge in [0.25, 0.3) is 0 Å². The summed E-state index contributed by atoms with van der Waals surface area (Å²) in [6.45, 7) is 0. The van der Waals surface area contributed by atoms with Crippen molar-refractivity contribution in [3.8, 4) is 11.5 Å². The van der Waals surface area contributed by atoms with Crippen LogP contribution >= 0.6 is 0 Å². The summed E-state index contributed by atoms with van der Waals surface area (Å²) in [7, 11) is 1.39. The maximum atomic E-state index is 13.1. The number of Topliss-reactive ketones (excluding diaryl/α,β-unsaturated/α-hetero) is 1. The quantitative estimate of drug-likeness (QED) is 0.932. The summed E-state index contributed by atoms with van der Waals surface area (Å²) in [6, 6.07) is 5.04. The summed E-state index contributed by atoms with van der Waals surface area (Å²) in [5.74, 6) is -0.862. The lowest BCUT2D eigenvalue weighted by Gasteiger charge is -2.13. The standard InChI is InChI=1S/C17H14F3NO3/c1-24-15-7-9-5-10(16(23)11(9)8-14(15)22)6-13-12(17(18,19)20)3-2-4-21-13/h2-4,7-8,10,22H,5-6H2,1H3. The predicted octanol–water partition coefficient (Wildman–Crippen LogP) is 3.41. The van der Waals surface area contributed by atoms with Crippen molar-refractivity contribution in [1.29, 1.82) is 0 Å². The second-order valence-electron chi connectivity index (χ2n) is 5.65. The van der Waals surface area contributed by atoms with Crippen molar-refractivity contribution in [2.45, 2.75) is 19.0 Å². The smallest absolute Gasteiger partial charge is 0.418 e. The van der Waals surface area contributed by atoms with Gasteiger partial charge in [0.2, 0.25) is 0 Å². The summed E-state index contributed by atoms with van der Waals surface area (Å²) in [4.78, 5) is 16.3. The van der Waals surface area contributed by atoms with Crippen LogP contribution in [-0.4, -0.2) is 23.0 Å². The topological polar surface area (TPSA) is 59.4 Å². The normalized spacial score (nSPS) is 17.0. The molecule has 7 heteroatoms. The van der Waals surface area contributed by atoms with Crippen molar-refractivity contribution in [3.63, 3.8) is 0 Å². The average Bonchev–Trinajstić information content (AvgIpc) is 2.82. The summed E-state index contributed by atoms with van der Waals surface area (Å²) in [5.41, 5.74) is 0.00783. The molecule has 1 aliphatic carbocycles. The molecule has 4 nitrogen and oxygen atoms in total. The molecule has 1 N–H and O–H groups in total. The van der Waals surface area contributed by atoms with E-state index in [1.807, 2.05) is 0 Å². The number of phenols is 1. The Balaban J connectivity index is 1.90. The van der Waals surface area contributed by atoms with Crippen LogP contribution < -0.4 is 4.74 Å². The van der Waals surface area contributed by atoms with E-state index in [4.69, 9.17) is 4.74 Å². The number of methoxy groups -OCH3 is 1. The van der Waals surface area contributed by atoms with Gasteiger partial charge < -0.3 is 9.84 Å². The van der Waals surface area contributed by atoms with E-state index in [9.17, 15) is 23.1 Å². The van der Waals surface area contributed by atoms with Gasteiger partial charge in [-0.2, -0.15) is 13.2 Å². The van der Waals surface area contributed by atoms with Crippen LogP contribution in [0.2, 0.25) is 0 Å². The number of alkyl halides is 3. The summed E-state index contributed by atoms with van der Waals surface area (Å²) >= 11 is 0. The number of fused-ring (bicyclic) bond motifs is 1. The second kappa shape index (κ2) is 5.81. The zero-order valence-electron chi connectivity index (χ0n) is 12.7. The van der Waals surface area contributed by atoms with E-state index in [2.05, 4.69) is 4.98 Å². The second-order valence-corrected chi connectivity index (χ2v) is 5.65. The minimum absolute atomic E-state index is 0.105. The highest BCUT2D eigenvalue weighted by Crippen LogP contribution is 2.38. The van der Waals surface area contributed by atoms with Crippen molar-refractivity contribution in [1.82, 2.24) is 4.98 Å². The average molecular weight is 337 g/mol. The highest BCUT2D eigenvalue weighted by molar-refractivity contribution is 6.03. The van der Waals surface area contributed by atoms with Crippen molar-refractivity contribution < 1.29 is 27.8 Å². The fourth-order valence-corrected chi connectivity index (χ4v) is 3.01. The van der Waals surface area contributed by atoms with Gasteiger partial charge in [-0.1, -0.05) is 0 Å². The fourth-order valence-electron chi connectivity index (χ4n) is 3.01. The van der Waals surface area contributed by atoms with Crippen molar-refractivity contribution in [2.75, 3.05) is 7.11 Å². The minimum atomic E-state index is -4.51. The van der Waals surface area contributed by atoms with E-state index >= 15 is 0 Å². The third kappa shape index (κ3) is 2.81. The Morgan fingerprint density at radius 2 is 2.12 bits per heavy atom. The number of halogens is 3. The van der Waals surface area contributed by atoms with Crippen LogP contribution in [0.5, 0.6) is 11.5 Å². The molecule has 0 spiro atoms. The number of phenolic OH excluding ortho intramolecular Hbond substituents is 1. The number of carbonyl (C=O) groups excluding carboxylic acids is 1. The first-order chi connectivity index (χ1) is 11.3. The van der Waals surface area contributed by atoms with Gasteiger partial charge in [0.05, 0.1) is 18.4 Å². The molecule has 1 heterocycles. The van der Waals surface area contributed by atoms with Crippen molar-refractivity contribution in [3.05, 3.63) is 52.8 Å². The number of ether oxygens (including phenoxy) is 1. The van der Waals surface area contributed by atoms with Gasteiger partial charge in [0.15, 0.2) is 17.3 Å². The molecule has 0 saturated carbocycles. The van der Waals surface area contributed by atoms with Crippen molar-refractivity contribution >= 4 is 5.78 Å². The third-order valence-corrected chi connectivity index (χ3v) is 4.14. The molecular weight excluding hydrogens is 323 g/mol. The molecule has 3 rings (SSSR count). The Morgan fingerprint density at radius 3 is 2.79 bits per heavy atom. The van der Waals surface area contributed by atoms with Gasteiger partial charge in [0.1, 0.15) is 0 Å². The first-order valence-corrected chi connectivity index (χ1v) is 7.26. The van der Waals surface area contributed by atoms with E-state index in [-0.39, 0.29) is 29.4 Å². The summed E-state index contributed by atoms with van der Waals surface area (Å²) in [6.07, 6.45) is -3.05. The monoisotopic (exact) mass is 337 g/mol. The number of carbonyl (C=O) groups is 1. The molecule has 0 radical (unpaired) electrons. The Labute approximate surface area is 135 Å². The van der Waals surface area contributed by atoms with Gasteiger partial charge in [-0.15, -0.1) is 0 Å². The molecule has 1 atom stereocenters. The molecule has 0 bridgehead atoms. The Bertz CT molecular complexity index is 802. The van der Waals surface area contributed by atoms with Crippen LogP contribution in [0.4, 0.5) is 13.2 Å². The SMILES string of the molecule is COc1cc2c(cc1O)C(=O)C(Cc1ncccc1C(F)(F)F)C2. The van der Waals surface area contributed by atoms with Crippen LogP contribution in [0, 0.1) is 5.92 Å². The molecule has 0 amide bonds. The maximum absolute atomic E-state index is 13.1. The lowest BCUT2D eigenvalue weighted by Crippen LogP contribution is -2.17. The molecular formula is C17H14F3NO3. The summed E-state index contributed by atoms with van der Waals surface area (Å²) < 4.78 is 44.2. The molecule has 126 valence electrons. The highest BCUT2D eigenvalue weighted by atomic mass is 19.4. The van der Waals surface area contributed by atoms with Crippen LogP contribution in [0.15, 0.2) is 30.5 Å². The zero-order chi connectivity index (χ0) is 17.5. The molecule has 1 aliphatic rings. The number of hydrogen-bond donors (Lipinski definition) is 1. The minimum Gasteiger partial charge on any atom is -0.504 e. The molecule has 2 aromatic rings. The lowest BCUT2D eigenvalue weighted by atomic mass is 9.96. The molecule has 0 aliphatic heterocycles. The molecule has 1 aromatic heterocycles. The third-order valence-electron chi connectivity index (χ3n) is 4.14. The number of pyridine rings is 1. The molecule has 0 fully saturated rings. The van der Waals surface area contributed by atoms with E-state index in [0.717, 1.165) is 6.07 Å². The lowest BCUT2D eigenvalue weighted by molar-refractivity contribution is -0.138. The first kappa shape index (κ1) is 16.3. The highest BCUT2D eigenvalue weighted by Gasteiger charge is 2.37. The first-order valence-electron chi connectivity index (χ1n) is 7.26. The molecule has 1 aromatic carbocycles. The van der Waals surface area contributed by atoms with Crippen molar-refractivity contribution in [2.24, 2.45) is 5.92 Å². The van der Waals surface area contributed by atoms with Crippen LogP contribution in [0.3, 0.4) is 0 Å². The predicted molar refractivity (Wildman–Crippen MR) is 79.1 cm³/mol.